The van der Waals surface area contributed by atoms with Crippen LogP contribution in [0.1, 0.15) is 27.8 Å². The fourth-order valence-corrected chi connectivity index (χ4v) is 2.62. The topological polar surface area (TPSA) is 24.7 Å². The van der Waals surface area contributed by atoms with Gasteiger partial charge in [-0.3, -0.25) is 0 Å². The lowest BCUT2D eigenvalue weighted by Gasteiger charge is -2.01. The zero-order chi connectivity index (χ0) is 18.4. The Bertz CT molecular complexity index is 1020. The number of hydrogen-bond donors (Lipinski definition) is 0. The Morgan fingerprint density at radius 1 is 0.692 bits per heavy atom. The average molecular weight is 336 g/mol. The molecule has 0 bridgehead atoms. The molecule has 126 valence electrons. The molecule has 3 rings (SSSR count). The van der Waals surface area contributed by atoms with Gasteiger partial charge in [-0.2, -0.15) is 9.98 Å². The van der Waals surface area contributed by atoms with Gasteiger partial charge in [0.15, 0.2) is 0 Å². The van der Waals surface area contributed by atoms with Gasteiger partial charge in [-0.15, -0.1) is 0 Å². The van der Waals surface area contributed by atoms with Gasteiger partial charge < -0.3 is 0 Å². The molecule has 0 atom stereocenters. The quantitative estimate of drug-likeness (QED) is 0.396. The SMILES string of the molecule is Cc1ccc(N=C=Nc2c(C)cccc2C)c(C#Cc2ccccc2)c1. The van der Waals surface area contributed by atoms with Crippen molar-refractivity contribution in [3.63, 3.8) is 0 Å². The van der Waals surface area contributed by atoms with E-state index in [0.717, 1.165) is 39.2 Å². The predicted octanol–water partition coefficient (Wildman–Crippen LogP) is 6.15. The lowest BCUT2D eigenvalue weighted by atomic mass is 10.1. The standard InChI is InChI=1S/C24H20N2/c1-18-12-15-23(22(16-18)14-13-21-10-5-4-6-11-21)25-17-26-24-19(2)8-7-9-20(24)3/h4-12,15-16H,1-3H3. The maximum Gasteiger partial charge on any atom is 0.101 e. The summed E-state index contributed by atoms with van der Waals surface area (Å²) in [5.74, 6) is 6.40. The predicted molar refractivity (Wildman–Crippen MR) is 109 cm³/mol. The van der Waals surface area contributed by atoms with E-state index in [1.807, 2.05) is 87.5 Å². The van der Waals surface area contributed by atoms with Gasteiger partial charge in [-0.25, -0.2) is 0 Å². The van der Waals surface area contributed by atoms with E-state index >= 15 is 0 Å². The van der Waals surface area contributed by atoms with Crippen LogP contribution in [-0.2, 0) is 0 Å². The van der Waals surface area contributed by atoms with Gasteiger partial charge >= 0.3 is 0 Å². The van der Waals surface area contributed by atoms with E-state index in [2.05, 4.69) is 27.8 Å². The van der Waals surface area contributed by atoms with Crippen LogP contribution in [0, 0.1) is 32.6 Å². The van der Waals surface area contributed by atoms with Gasteiger partial charge in [-0.05, 0) is 61.7 Å². The zero-order valence-corrected chi connectivity index (χ0v) is 15.2. The van der Waals surface area contributed by atoms with Crippen LogP contribution >= 0.6 is 0 Å². The molecule has 0 aliphatic carbocycles. The molecular formula is C24H20N2. The van der Waals surface area contributed by atoms with Gasteiger partial charge in [0.1, 0.15) is 6.01 Å². The minimum atomic E-state index is 0.772. The van der Waals surface area contributed by atoms with Gasteiger partial charge in [-0.1, -0.05) is 54.3 Å². The molecule has 3 aromatic carbocycles. The van der Waals surface area contributed by atoms with Gasteiger partial charge in [0.25, 0.3) is 0 Å². The molecule has 0 heterocycles. The third-order valence-corrected chi connectivity index (χ3v) is 4.04. The highest BCUT2D eigenvalue weighted by Crippen LogP contribution is 2.23. The Balaban J connectivity index is 1.96. The maximum absolute atomic E-state index is 4.42. The van der Waals surface area contributed by atoms with Gasteiger partial charge in [0.2, 0.25) is 0 Å². The van der Waals surface area contributed by atoms with Crippen molar-refractivity contribution in [2.45, 2.75) is 20.8 Å². The summed E-state index contributed by atoms with van der Waals surface area (Å²) >= 11 is 0. The fraction of sp³-hybridized carbons (Fsp3) is 0.125. The Morgan fingerprint density at radius 2 is 1.42 bits per heavy atom. The minimum absolute atomic E-state index is 0.772. The number of aryl methyl sites for hydroxylation is 3. The van der Waals surface area contributed by atoms with Crippen LogP contribution in [0.2, 0.25) is 0 Å². The summed E-state index contributed by atoms with van der Waals surface area (Å²) in [5, 5.41) is 0. The van der Waals surface area contributed by atoms with E-state index in [-0.39, 0.29) is 0 Å². The van der Waals surface area contributed by atoms with E-state index < -0.39 is 0 Å². The molecular weight excluding hydrogens is 316 g/mol. The van der Waals surface area contributed by atoms with E-state index in [1.54, 1.807) is 0 Å². The fourth-order valence-electron chi connectivity index (χ4n) is 2.62. The number of rotatable bonds is 2. The summed E-state index contributed by atoms with van der Waals surface area (Å²) in [5.41, 5.74) is 6.91. The van der Waals surface area contributed by atoms with Crippen molar-refractivity contribution < 1.29 is 0 Å². The first-order chi connectivity index (χ1) is 12.6. The van der Waals surface area contributed by atoms with Crippen LogP contribution in [0.25, 0.3) is 0 Å². The molecule has 2 nitrogen and oxygen atoms in total. The van der Waals surface area contributed by atoms with Crippen molar-refractivity contribution in [2.24, 2.45) is 9.98 Å². The van der Waals surface area contributed by atoms with E-state index in [1.165, 1.54) is 0 Å². The second-order valence-electron chi connectivity index (χ2n) is 6.20. The third kappa shape index (κ3) is 4.36. The highest BCUT2D eigenvalue weighted by atomic mass is 14.8. The molecule has 0 aliphatic heterocycles. The molecule has 0 fully saturated rings. The van der Waals surface area contributed by atoms with Crippen LogP contribution in [0.5, 0.6) is 0 Å². The van der Waals surface area contributed by atoms with Crippen LogP contribution in [0.15, 0.2) is 76.7 Å². The lowest BCUT2D eigenvalue weighted by molar-refractivity contribution is 1.33. The zero-order valence-electron chi connectivity index (χ0n) is 15.2. The monoisotopic (exact) mass is 336 g/mol. The number of para-hydroxylation sites is 1. The highest BCUT2D eigenvalue weighted by molar-refractivity contribution is 5.66. The first-order valence-corrected chi connectivity index (χ1v) is 8.54. The van der Waals surface area contributed by atoms with Crippen molar-refractivity contribution >= 4 is 17.4 Å². The smallest absolute Gasteiger partial charge is 0.101 e. The molecule has 0 radical (unpaired) electrons. The molecule has 0 amide bonds. The van der Waals surface area contributed by atoms with E-state index in [4.69, 9.17) is 0 Å². The van der Waals surface area contributed by atoms with Crippen LogP contribution in [0.4, 0.5) is 11.4 Å². The molecule has 0 aromatic heterocycles. The molecule has 2 heteroatoms. The normalized spacial score (nSPS) is 9.65. The number of aliphatic imine (C=N–C) groups is 2. The largest absolute Gasteiger partial charge is 0.187 e. The van der Waals surface area contributed by atoms with Crippen molar-refractivity contribution in [1.29, 1.82) is 0 Å². The Kier molecular flexibility index (Phi) is 5.44. The van der Waals surface area contributed by atoms with E-state index in [0.29, 0.717) is 0 Å². The van der Waals surface area contributed by atoms with Crippen LogP contribution in [-0.4, -0.2) is 6.01 Å². The summed E-state index contributed by atoms with van der Waals surface area (Å²) < 4.78 is 0. The second-order valence-corrected chi connectivity index (χ2v) is 6.20. The number of hydrogen-bond acceptors (Lipinski definition) is 2. The Hall–Kier alpha value is -3.40. The average Bonchev–Trinajstić information content (AvgIpc) is 2.64. The molecule has 0 saturated carbocycles. The molecule has 3 aromatic rings. The van der Waals surface area contributed by atoms with Crippen molar-refractivity contribution in [3.05, 3.63) is 94.5 Å². The Labute approximate surface area is 155 Å². The molecule has 0 aliphatic rings. The van der Waals surface area contributed by atoms with Gasteiger partial charge in [0, 0.05) is 5.56 Å². The Morgan fingerprint density at radius 3 is 2.15 bits per heavy atom. The second kappa shape index (κ2) is 8.12. The van der Waals surface area contributed by atoms with Crippen molar-refractivity contribution in [2.75, 3.05) is 0 Å². The lowest BCUT2D eigenvalue weighted by Crippen LogP contribution is -1.81. The van der Waals surface area contributed by atoms with Crippen molar-refractivity contribution in [1.82, 2.24) is 0 Å². The summed E-state index contributed by atoms with van der Waals surface area (Å²) in [4.78, 5) is 8.84. The molecule has 0 N–H and O–H groups in total. The minimum Gasteiger partial charge on any atom is -0.187 e. The molecule has 26 heavy (non-hydrogen) atoms. The van der Waals surface area contributed by atoms with Crippen LogP contribution < -0.4 is 0 Å². The molecule has 0 saturated heterocycles. The number of nitrogens with zero attached hydrogens (tertiary/aromatic N) is 2. The van der Waals surface area contributed by atoms with Crippen molar-refractivity contribution in [3.8, 4) is 11.8 Å². The first kappa shape index (κ1) is 17.4. The van der Waals surface area contributed by atoms with Gasteiger partial charge in [0.05, 0.1) is 16.9 Å². The summed E-state index contributed by atoms with van der Waals surface area (Å²) in [6.07, 6.45) is 0. The maximum atomic E-state index is 4.42. The third-order valence-electron chi connectivity index (χ3n) is 4.04. The summed E-state index contributed by atoms with van der Waals surface area (Å²) in [6.45, 7) is 6.12. The van der Waals surface area contributed by atoms with Crippen LogP contribution in [0.3, 0.4) is 0 Å². The molecule has 0 unspecified atom stereocenters. The van der Waals surface area contributed by atoms with E-state index in [9.17, 15) is 0 Å². The summed E-state index contributed by atoms with van der Waals surface area (Å²) in [6, 6.07) is 24.9. The summed E-state index contributed by atoms with van der Waals surface area (Å²) in [7, 11) is 0. The first-order valence-electron chi connectivity index (χ1n) is 8.54. The highest BCUT2D eigenvalue weighted by Gasteiger charge is 2.00. The molecule has 0 spiro atoms. The number of benzene rings is 3.